The third-order valence-corrected chi connectivity index (χ3v) is 5.53. The van der Waals surface area contributed by atoms with Gasteiger partial charge >= 0.3 is 0 Å². The van der Waals surface area contributed by atoms with Crippen molar-refractivity contribution in [1.82, 2.24) is 4.90 Å². The van der Waals surface area contributed by atoms with Gasteiger partial charge in [0.25, 0.3) is 5.91 Å². The van der Waals surface area contributed by atoms with Gasteiger partial charge in [0, 0.05) is 31.1 Å². The first kappa shape index (κ1) is 18.9. The maximum absolute atomic E-state index is 12.9. The van der Waals surface area contributed by atoms with E-state index in [1.165, 1.54) is 0 Å². The maximum atomic E-state index is 12.9. The summed E-state index contributed by atoms with van der Waals surface area (Å²) in [5.41, 5.74) is 1.67. The molecule has 1 amide bonds. The number of hydrogen-bond donors (Lipinski definition) is 0. The number of ether oxygens (including phenoxy) is 1. The summed E-state index contributed by atoms with van der Waals surface area (Å²) in [6.07, 6.45) is 1.99. The standard InChI is InChI=1S/C20H23ClN2O2S/c1-3-25-19-7-5-4-6-18(19)22-10-12-23(13-11-22)20(24)16-14-15(26-2)8-9-17(16)21/h4-9,14H,3,10-13H2,1-2H3. The van der Waals surface area contributed by atoms with Gasteiger partial charge in [0.2, 0.25) is 0 Å². The normalized spacial score (nSPS) is 14.4. The Morgan fingerprint density at radius 2 is 1.88 bits per heavy atom. The van der Waals surface area contributed by atoms with Gasteiger partial charge in [-0.1, -0.05) is 23.7 Å². The lowest BCUT2D eigenvalue weighted by Crippen LogP contribution is -2.49. The third-order valence-electron chi connectivity index (χ3n) is 4.48. The van der Waals surface area contributed by atoms with Crippen LogP contribution in [0.4, 0.5) is 5.69 Å². The predicted molar refractivity (Wildman–Crippen MR) is 109 cm³/mol. The number of para-hydroxylation sites is 2. The summed E-state index contributed by atoms with van der Waals surface area (Å²) < 4.78 is 5.73. The van der Waals surface area contributed by atoms with Crippen LogP contribution >= 0.6 is 23.4 Å². The Kier molecular flexibility index (Phi) is 6.33. The van der Waals surface area contributed by atoms with Crippen molar-refractivity contribution in [3.8, 4) is 5.75 Å². The molecule has 3 rings (SSSR count). The molecule has 0 N–H and O–H groups in total. The first-order valence-electron chi connectivity index (χ1n) is 8.73. The quantitative estimate of drug-likeness (QED) is 0.707. The molecule has 2 aromatic rings. The molecule has 138 valence electrons. The molecular formula is C20H23ClN2O2S. The number of benzene rings is 2. The minimum Gasteiger partial charge on any atom is -0.492 e. The molecule has 6 heteroatoms. The summed E-state index contributed by atoms with van der Waals surface area (Å²) in [5, 5.41) is 0.511. The summed E-state index contributed by atoms with van der Waals surface area (Å²) in [6, 6.07) is 13.7. The zero-order valence-corrected chi connectivity index (χ0v) is 16.6. The van der Waals surface area contributed by atoms with Crippen LogP contribution in [-0.2, 0) is 0 Å². The summed E-state index contributed by atoms with van der Waals surface area (Å²) >= 11 is 7.87. The Bertz CT molecular complexity index is 776. The van der Waals surface area contributed by atoms with Crippen molar-refractivity contribution in [2.45, 2.75) is 11.8 Å². The van der Waals surface area contributed by atoms with E-state index >= 15 is 0 Å². The molecular weight excluding hydrogens is 368 g/mol. The van der Waals surface area contributed by atoms with Crippen molar-refractivity contribution in [3.05, 3.63) is 53.1 Å². The first-order valence-corrected chi connectivity index (χ1v) is 10.3. The van der Waals surface area contributed by atoms with Crippen molar-refractivity contribution in [2.75, 3.05) is 43.9 Å². The Balaban J connectivity index is 1.70. The van der Waals surface area contributed by atoms with Crippen LogP contribution in [0, 0.1) is 0 Å². The molecule has 2 aromatic carbocycles. The van der Waals surface area contributed by atoms with Crippen molar-refractivity contribution >= 4 is 35.0 Å². The number of anilines is 1. The van der Waals surface area contributed by atoms with Gasteiger partial charge < -0.3 is 14.5 Å². The van der Waals surface area contributed by atoms with Crippen LogP contribution in [0.1, 0.15) is 17.3 Å². The summed E-state index contributed by atoms with van der Waals surface area (Å²) in [5.74, 6) is 0.897. The van der Waals surface area contributed by atoms with Crippen molar-refractivity contribution in [2.24, 2.45) is 0 Å². The van der Waals surface area contributed by atoms with Crippen LogP contribution in [0.2, 0.25) is 5.02 Å². The number of rotatable bonds is 5. The minimum atomic E-state index is 0.00337. The molecule has 0 atom stereocenters. The summed E-state index contributed by atoms with van der Waals surface area (Å²) in [4.78, 5) is 18.1. The van der Waals surface area contributed by atoms with Gasteiger partial charge in [0.1, 0.15) is 5.75 Å². The fourth-order valence-electron chi connectivity index (χ4n) is 3.11. The SMILES string of the molecule is CCOc1ccccc1N1CCN(C(=O)c2cc(SC)ccc2Cl)CC1. The van der Waals surface area contributed by atoms with E-state index in [1.807, 2.05) is 48.4 Å². The molecule has 0 radical (unpaired) electrons. The molecule has 1 aliphatic rings. The molecule has 0 aliphatic carbocycles. The predicted octanol–water partition coefficient (Wildman–Crippen LogP) is 4.42. The molecule has 26 heavy (non-hydrogen) atoms. The number of piperazine rings is 1. The van der Waals surface area contributed by atoms with Gasteiger partial charge in [-0.15, -0.1) is 11.8 Å². The Labute approximate surface area is 164 Å². The van der Waals surface area contributed by atoms with E-state index in [0.717, 1.165) is 29.4 Å². The molecule has 1 heterocycles. The van der Waals surface area contributed by atoms with Crippen molar-refractivity contribution in [3.63, 3.8) is 0 Å². The molecule has 4 nitrogen and oxygen atoms in total. The molecule has 0 saturated carbocycles. The van der Waals surface area contributed by atoms with Gasteiger partial charge in [0.05, 0.1) is 22.9 Å². The van der Waals surface area contributed by atoms with E-state index in [2.05, 4.69) is 11.0 Å². The number of thioether (sulfide) groups is 1. The van der Waals surface area contributed by atoms with Crippen LogP contribution in [-0.4, -0.2) is 49.8 Å². The fraction of sp³-hybridized carbons (Fsp3) is 0.350. The van der Waals surface area contributed by atoms with E-state index in [4.69, 9.17) is 16.3 Å². The largest absolute Gasteiger partial charge is 0.492 e. The second kappa shape index (κ2) is 8.69. The zero-order valence-electron chi connectivity index (χ0n) is 15.1. The molecule has 1 aliphatic heterocycles. The second-order valence-electron chi connectivity index (χ2n) is 6.03. The Hall–Kier alpha value is -1.85. The number of hydrogen-bond acceptors (Lipinski definition) is 4. The van der Waals surface area contributed by atoms with Gasteiger partial charge in [-0.2, -0.15) is 0 Å². The zero-order chi connectivity index (χ0) is 18.5. The highest BCUT2D eigenvalue weighted by molar-refractivity contribution is 7.98. The fourth-order valence-corrected chi connectivity index (χ4v) is 3.75. The average Bonchev–Trinajstić information content (AvgIpc) is 2.69. The van der Waals surface area contributed by atoms with E-state index in [9.17, 15) is 4.79 Å². The molecule has 0 unspecified atom stereocenters. The van der Waals surface area contributed by atoms with Crippen LogP contribution < -0.4 is 9.64 Å². The number of carbonyl (C=O) groups excluding carboxylic acids is 1. The average molecular weight is 391 g/mol. The third kappa shape index (κ3) is 4.10. The van der Waals surface area contributed by atoms with Gasteiger partial charge in [-0.3, -0.25) is 4.79 Å². The summed E-state index contributed by atoms with van der Waals surface area (Å²) in [7, 11) is 0. The van der Waals surface area contributed by atoms with Gasteiger partial charge in [0.15, 0.2) is 0 Å². The van der Waals surface area contributed by atoms with Crippen LogP contribution in [0.25, 0.3) is 0 Å². The van der Waals surface area contributed by atoms with E-state index < -0.39 is 0 Å². The Morgan fingerprint density at radius 3 is 2.58 bits per heavy atom. The van der Waals surface area contributed by atoms with E-state index in [-0.39, 0.29) is 5.91 Å². The minimum absolute atomic E-state index is 0.00337. The van der Waals surface area contributed by atoms with E-state index in [0.29, 0.717) is 30.3 Å². The van der Waals surface area contributed by atoms with Gasteiger partial charge in [-0.25, -0.2) is 0 Å². The topological polar surface area (TPSA) is 32.8 Å². The number of nitrogens with zero attached hydrogens (tertiary/aromatic N) is 2. The number of carbonyl (C=O) groups is 1. The highest BCUT2D eigenvalue weighted by Gasteiger charge is 2.25. The Morgan fingerprint density at radius 1 is 1.15 bits per heavy atom. The molecule has 0 bridgehead atoms. The summed E-state index contributed by atoms with van der Waals surface area (Å²) in [6.45, 7) is 5.50. The molecule has 1 saturated heterocycles. The molecule has 0 aromatic heterocycles. The van der Waals surface area contributed by atoms with Crippen LogP contribution in [0.15, 0.2) is 47.4 Å². The first-order chi connectivity index (χ1) is 12.6. The van der Waals surface area contributed by atoms with Crippen molar-refractivity contribution in [1.29, 1.82) is 0 Å². The maximum Gasteiger partial charge on any atom is 0.255 e. The number of amides is 1. The smallest absolute Gasteiger partial charge is 0.255 e. The van der Waals surface area contributed by atoms with Crippen molar-refractivity contribution < 1.29 is 9.53 Å². The highest BCUT2D eigenvalue weighted by atomic mass is 35.5. The second-order valence-corrected chi connectivity index (χ2v) is 7.31. The van der Waals surface area contributed by atoms with Crippen LogP contribution in [0.5, 0.6) is 5.75 Å². The highest BCUT2D eigenvalue weighted by Crippen LogP contribution is 2.29. The monoisotopic (exact) mass is 390 g/mol. The lowest BCUT2D eigenvalue weighted by atomic mass is 10.1. The van der Waals surface area contributed by atoms with E-state index in [1.54, 1.807) is 17.8 Å². The molecule has 0 spiro atoms. The van der Waals surface area contributed by atoms with Gasteiger partial charge in [-0.05, 0) is 43.5 Å². The van der Waals surface area contributed by atoms with Crippen LogP contribution in [0.3, 0.4) is 0 Å². The molecule has 1 fully saturated rings. The lowest BCUT2D eigenvalue weighted by molar-refractivity contribution is 0.0746. The number of halogens is 1. The lowest BCUT2D eigenvalue weighted by Gasteiger charge is -2.36.